The van der Waals surface area contributed by atoms with Crippen LogP contribution in [0.15, 0.2) is 121 Å². The summed E-state index contributed by atoms with van der Waals surface area (Å²) in [6, 6.07) is 40.8. The topological polar surface area (TPSA) is 43.4 Å². The van der Waals surface area contributed by atoms with Crippen molar-refractivity contribution in [3.63, 3.8) is 0 Å². The lowest BCUT2D eigenvalue weighted by Crippen LogP contribution is -2.53. The Kier molecular flexibility index (Phi) is 6.63. The van der Waals surface area contributed by atoms with E-state index in [-0.39, 0.29) is 0 Å². The molecule has 0 saturated carbocycles. The first-order valence-corrected chi connectivity index (χ1v) is 13.3. The zero-order valence-corrected chi connectivity index (χ0v) is 22.7. The van der Waals surface area contributed by atoms with E-state index in [1.165, 1.54) is 5.34 Å². The van der Waals surface area contributed by atoms with Crippen LogP contribution in [0.2, 0.25) is 0 Å². The largest absolute Gasteiger partial charge is 0.341 e. The summed E-state index contributed by atoms with van der Waals surface area (Å²) < 4.78 is 13.8. The molecule has 0 N–H and O–H groups in total. The van der Waals surface area contributed by atoms with Crippen molar-refractivity contribution >= 4 is 0 Å². The first kappa shape index (κ1) is 25.9. The zero-order valence-electron chi connectivity index (χ0n) is 22.7. The number of fused-ring (bicyclic) bond motifs is 1. The van der Waals surface area contributed by atoms with Crippen LogP contribution in [0, 0.1) is 0 Å². The van der Waals surface area contributed by atoms with Crippen LogP contribution >= 0.6 is 0 Å². The summed E-state index contributed by atoms with van der Waals surface area (Å²) in [5.74, 6) is -0.911. The Labute approximate surface area is 230 Å². The summed E-state index contributed by atoms with van der Waals surface area (Å²) in [6.07, 6.45) is -1.22. The highest BCUT2D eigenvalue weighted by molar-refractivity contribution is 5.44. The number of benzene rings is 4. The van der Waals surface area contributed by atoms with E-state index in [0.29, 0.717) is 0 Å². The molecule has 200 valence electrons. The molecule has 0 amide bonds. The Morgan fingerprint density at radius 3 is 1.05 bits per heavy atom. The summed E-state index contributed by atoms with van der Waals surface area (Å²) in [5, 5.41) is 3.28. The molecular formula is C33H34N2O4. The molecule has 2 saturated heterocycles. The second kappa shape index (κ2) is 9.99. The van der Waals surface area contributed by atoms with Gasteiger partial charge >= 0.3 is 0 Å². The average molecular weight is 523 g/mol. The normalized spacial score (nSPS) is 23.7. The Bertz CT molecular complexity index is 1200. The summed E-state index contributed by atoms with van der Waals surface area (Å²) in [5.41, 5.74) is 1.49. The van der Waals surface area contributed by atoms with Crippen LogP contribution < -0.4 is 0 Å². The molecule has 4 aromatic rings. The standard InChI is InChI=1S/C33H34N2O4/c1-31(2)36-29-30(37-31)33(27-21-13-7-14-22-27,28-23-15-8-16-24-28)39-35(34(3)4)38-32(29,25-17-9-5-10-18-25)26-19-11-6-12-20-26/h5-24,29-30H,1-4H3/t29-,30+. The molecule has 2 fully saturated rings. The van der Waals surface area contributed by atoms with Gasteiger partial charge in [-0.1, -0.05) is 121 Å². The van der Waals surface area contributed by atoms with Gasteiger partial charge in [0.1, 0.15) is 12.2 Å². The van der Waals surface area contributed by atoms with E-state index in [1.807, 2.05) is 101 Å². The van der Waals surface area contributed by atoms with Gasteiger partial charge in [0.15, 0.2) is 17.0 Å². The van der Waals surface area contributed by atoms with Gasteiger partial charge in [-0.05, 0) is 36.1 Å². The number of nitrogens with zero attached hydrogens (tertiary/aromatic N) is 2. The highest BCUT2D eigenvalue weighted by Gasteiger charge is 2.67. The van der Waals surface area contributed by atoms with E-state index in [4.69, 9.17) is 19.1 Å². The molecule has 6 rings (SSSR count). The smallest absolute Gasteiger partial charge is 0.173 e. The first-order chi connectivity index (χ1) is 18.9. The Morgan fingerprint density at radius 1 is 0.513 bits per heavy atom. The van der Waals surface area contributed by atoms with Crippen molar-refractivity contribution in [2.24, 2.45) is 0 Å². The predicted octanol–water partition coefficient (Wildman–Crippen LogP) is 6.05. The monoisotopic (exact) mass is 522 g/mol. The maximum absolute atomic E-state index is 7.07. The Hall–Kier alpha value is -3.36. The van der Waals surface area contributed by atoms with Crippen LogP contribution in [0.1, 0.15) is 36.1 Å². The minimum Gasteiger partial charge on any atom is -0.341 e. The van der Waals surface area contributed by atoms with E-state index in [9.17, 15) is 0 Å². The Morgan fingerprint density at radius 2 is 0.795 bits per heavy atom. The summed E-state index contributed by atoms with van der Waals surface area (Å²) in [4.78, 5) is 14.1. The van der Waals surface area contributed by atoms with Crippen molar-refractivity contribution in [2.75, 3.05) is 14.1 Å². The van der Waals surface area contributed by atoms with Gasteiger partial charge in [-0.2, -0.15) is 5.01 Å². The molecule has 0 aliphatic carbocycles. The molecule has 2 heterocycles. The molecule has 2 aliphatic rings. The molecule has 2 aliphatic heterocycles. The third-order valence-corrected chi connectivity index (χ3v) is 7.48. The fourth-order valence-corrected chi connectivity index (χ4v) is 5.83. The molecule has 39 heavy (non-hydrogen) atoms. The van der Waals surface area contributed by atoms with Gasteiger partial charge in [0.2, 0.25) is 0 Å². The van der Waals surface area contributed by atoms with Gasteiger partial charge in [-0.15, -0.1) is 0 Å². The fourth-order valence-electron chi connectivity index (χ4n) is 5.83. The van der Waals surface area contributed by atoms with Crippen LogP contribution in [0.3, 0.4) is 0 Å². The van der Waals surface area contributed by atoms with Gasteiger partial charge < -0.3 is 9.47 Å². The summed E-state index contributed by atoms with van der Waals surface area (Å²) in [7, 11) is 3.79. The van der Waals surface area contributed by atoms with E-state index < -0.39 is 29.2 Å². The minimum atomic E-state index is -1.11. The van der Waals surface area contributed by atoms with Gasteiger partial charge in [0.05, 0.1) is 0 Å². The van der Waals surface area contributed by atoms with Crippen molar-refractivity contribution in [1.82, 2.24) is 10.3 Å². The molecule has 0 radical (unpaired) electrons. The van der Waals surface area contributed by atoms with Crippen LogP contribution in [0.25, 0.3) is 0 Å². The third-order valence-electron chi connectivity index (χ3n) is 7.48. The molecule has 0 aromatic heterocycles. The number of hydrazine groups is 1. The lowest BCUT2D eigenvalue weighted by atomic mass is 9.72. The molecule has 2 atom stereocenters. The lowest BCUT2D eigenvalue weighted by molar-refractivity contribution is -0.502. The summed E-state index contributed by atoms with van der Waals surface area (Å²) >= 11 is 0. The van der Waals surface area contributed by atoms with Crippen molar-refractivity contribution in [1.29, 1.82) is 0 Å². The fraction of sp³-hybridized carbons (Fsp3) is 0.273. The van der Waals surface area contributed by atoms with Crippen molar-refractivity contribution in [3.05, 3.63) is 144 Å². The van der Waals surface area contributed by atoms with Crippen LogP contribution in [0.4, 0.5) is 0 Å². The molecule has 0 spiro atoms. The van der Waals surface area contributed by atoms with E-state index in [2.05, 4.69) is 48.5 Å². The van der Waals surface area contributed by atoms with E-state index >= 15 is 0 Å². The Balaban J connectivity index is 1.71. The lowest BCUT2D eigenvalue weighted by Gasteiger charge is -2.41. The number of hydrogen-bond donors (Lipinski definition) is 0. The SMILES string of the molecule is CN(C)N1OC(c2ccccc2)(c2ccccc2)[C@@H]2OC(C)(C)O[C@@H]2C(c2ccccc2)(c2ccccc2)O1. The highest BCUT2D eigenvalue weighted by atomic mass is 17.0. The van der Waals surface area contributed by atoms with Gasteiger partial charge in [-0.3, -0.25) is 0 Å². The molecule has 6 heteroatoms. The van der Waals surface area contributed by atoms with Gasteiger partial charge in [0.25, 0.3) is 0 Å². The van der Waals surface area contributed by atoms with Gasteiger partial charge in [-0.25, -0.2) is 9.68 Å². The van der Waals surface area contributed by atoms with E-state index in [1.54, 1.807) is 5.01 Å². The maximum Gasteiger partial charge on any atom is 0.173 e. The van der Waals surface area contributed by atoms with Crippen LogP contribution in [0.5, 0.6) is 0 Å². The number of hydrogen-bond acceptors (Lipinski definition) is 6. The zero-order chi connectivity index (χ0) is 27.1. The molecule has 0 unspecified atom stereocenters. The van der Waals surface area contributed by atoms with Crippen molar-refractivity contribution < 1.29 is 19.1 Å². The van der Waals surface area contributed by atoms with Gasteiger partial charge in [0, 0.05) is 19.4 Å². The minimum absolute atomic E-state index is 0.609. The average Bonchev–Trinajstić information content (AvgIpc) is 3.24. The second-order valence-electron chi connectivity index (χ2n) is 10.7. The number of ether oxygens (including phenoxy) is 2. The highest BCUT2D eigenvalue weighted by Crippen LogP contribution is 2.56. The van der Waals surface area contributed by atoms with Crippen LogP contribution in [-0.4, -0.2) is 42.4 Å². The molecular weight excluding hydrogens is 488 g/mol. The predicted molar refractivity (Wildman–Crippen MR) is 149 cm³/mol. The quantitative estimate of drug-likeness (QED) is 0.318. The summed E-state index contributed by atoms with van der Waals surface area (Å²) in [6.45, 7) is 3.90. The van der Waals surface area contributed by atoms with E-state index in [0.717, 1.165) is 22.3 Å². The number of rotatable bonds is 5. The van der Waals surface area contributed by atoms with Crippen LogP contribution in [-0.2, 0) is 30.4 Å². The second-order valence-corrected chi connectivity index (χ2v) is 10.7. The van der Waals surface area contributed by atoms with Crippen molar-refractivity contribution in [2.45, 2.75) is 43.0 Å². The maximum atomic E-state index is 7.07. The molecule has 6 nitrogen and oxygen atoms in total. The molecule has 4 aromatic carbocycles. The van der Waals surface area contributed by atoms with Crippen molar-refractivity contribution in [3.8, 4) is 0 Å². The first-order valence-electron chi connectivity index (χ1n) is 13.3. The third kappa shape index (κ3) is 4.30. The molecule has 0 bridgehead atoms.